The Labute approximate surface area is 170 Å². The number of hydrogen-bond acceptors (Lipinski definition) is 6. The van der Waals surface area contributed by atoms with Crippen LogP contribution in [0.3, 0.4) is 0 Å². The van der Waals surface area contributed by atoms with Crippen molar-refractivity contribution in [2.24, 2.45) is 0 Å². The van der Waals surface area contributed by atoms with Gasteiger partial charge in [0, 0.05) is 24.9 Å². The third-order valence-electron chi connectivity index (χ3n) is 5.19. The first-order valence-electron chi connectivity index (χ1n) is 8.93. The van der Waals surface area contributed by atoms with Crippen LogP contribution in [0, 0.1) is 10.1 Å². The number of aromatic carboxylic acids is 1. The normalized spacial score (nSPS) is 18.4. The fraction of sp³-hybridized carbons (Fsp3) is 0.150. The van der Waals surface area contributed by atoms with Gasteiger partial charge in [0.2, 0.25) is 0 Å². The highest BCUT2D eigenvalue weighted by molar-refractivity contribution is 6.11. The van der Waals surface area contributed by atoms with Crippen LogP contribution in [0.25, 0.3) is 0 Å². The SMILES string of the molecule is CN1C(=O)N[C@@H](c2cccc([N+](=O)[O-])c2)C2=C1CN(c1ccc(C(=O)[O-])cc1)C2=O. The monoisotopic (exact) mass is 407 g/mol. The van der Waals surface area contributed by atoms with E-state index in [1.165, 1.54) is 59.3 Å². The molecule has 0 aliphatic carbocycles. The zero-order valence-corrected chi connectivity index (χ0v) is 15.7. The molecule has 2 aliphatic rings. The summed E-state index contributed by atoms with van der Waals surface area (Å²) in [5, 5.41) is 24.8. The molecule has 30 heavy (non-hydrogen) atoms. The van der Waals surface area contributed by atoms with E-state index < -0.39 is 23.0 Å². The number of nitro groups is 1. The van der Waals surface area contributed by atoms with Crippen LogP contribution in [0.5, 0.6) is 0 Å². The van der Waals surface area contributed by atoms with Gasteiger partial charge < -0.3 is 20.1 Å². The number of hydrogen-bond donors (Lipinski definition) is 1. The number of amides is 3. The second-order valence-electron chi connectivity index (χ2n) is 6.88. The van der Waals surface area contributed by atoms with Crippen molar-refractivity contribution in [3.05, 3.63) is 81.0 Å². The minimum Gasteiger partial charge on any atom is -0.545 e. The summed E-state index contributed by atoms with van der Waals surface area (Å²) < 4.78 is 0. The summed E-state index contributed by atoms with van der Waals surface area (Å²) in [5.41, 5.74) is 1.49. The number of carbonyl (C=O) groups excluding carboxylic acids is 3. The van der Waals surface area contributed by atoms with E-state index in [1.807, 2.05) is 0 Å². The average molecular weight is 407 g/mol. The lowest BCUT2D eigenvalue weighted by Crippen LogP contribution is -2.45. The molecule has 1 N–H and O–H groups in total. The molecule has 4 rings (SSSR count). The molecule has 2 aliphatic heterocycles. The lowest BCUT2D eigenvalue weighted by atomic mass is 9.95. The van der Waals surface area contributed by atoms with Crippen molar-refractivity contribution in [1.29, 1.82) is 0 Å². The summed E-state index contributed by atoms with van der Waals surface area (Å²) in [5.74, 6) is -1.71. The molecule has 0 saturated heterocycles. The number of nitrogens with zero attached hydrogens (tertiary/aromatic N) is 3. The van der Waals surface area contributed by atoms with Crippen LogP contribution >= 0.6 is 0 Å². The highest BCUT2D eigenvalue weighted by atomic mass is 16.6. The van der Waals surface area contributed by atoms with E-state index >= 15 is 0 Å². The van der Waals surface area contributed by atoms with E-state index in [0.717, 1.165) is 0 Å². The molecule has 0 spiro atoms. The molecule has 0 saturated carbocycles. The van der Waals surface area contributed by atoms with E-state index in [1.54, 1.807) is 6.07 Å². The van der Waals surface area contributed by atoms with Crippen LogP contribution < -0.4 is 15.3 Å². The number of nitro benzene ring substituents is 1. The first kappa shape index (κ1) is 19.1. The van der Waals surface area contributed by atoms with Crippen LogP contribution in [0.15, 0.2) is 59.8 Å². The zero-order chi connectivity index (χ0) is 21.6. The van der Waals surface area contributed by atoms with Crippen LogP contribution in [0.1, 0.15) is 22.0 Å². The maximum absolute atomic E-state index is 13.2. The van der Waals surface area contributed by atoms with Gasteiger partial charge in [0.05, 0.1) is 34.7 Å². The summed E-state index contributed by atoms with van der Waals surface area (Å²) in [6, 6.07) is 10.1. The maximum atomic E-state index is 13.2. The van der Waals surface area contributed by atoms with Crippen molar-refractivity contribution in [3.8, 4) is 0 Å². The first-order chi connectivity index (χ1) is 14.3. The second-order valence-corrected chi connectivity index (χ2v) is 6.88. The molecule has 0 radical (unpaired) electrons. The van der Waals surface area contributed by atoms with Gasteiger partial charge in [0.25, 0.3) is 11.6 Å². The van der Waals surface area contributed by atoms with Gasteiger partial charge in [0.15, 0.2) is 0 Å². The molecule has 0 unspecified atom stereocenters. The van der Waals surface area contributed by atoms with Gasteiger partial charge in [0.1, 0.15) is 0 Å². The molecule has 1 atom stereocenters. The quantitative estimate of drug-likeness (QED) is 0.592. The van der Waals surface area contributed by atoms with Crippen molar-refractivity contribution in [3.63, 3.8) is 0 Å². The predicted molar refractivity (Wildman–Crippen MR) is 102 cm³/mol. The summed E-state index contributed by atoms with van der Waals surface area (Å²) in [6.45, 7) is 0.105. The molecule has 10 nitrogen and oxygen atoms in total. The standard InChI is InChI=1S/C20H16N4O6/c1-22-15-10-23(13-7-5-11(6-8-13)19(26)27)18(25)16(15)17(21-20(22)28)12-3-2-4-14(9-12)24(29)30/h2-9,17H,10H2,1H3,(H,21,28)(H,26,27)/p-1/t17-/m0/s1. The Morgan fingerprint density at radius 3 is 2.50 bits per heavy atom. The van der Waals surface area contributed by atoms with Gasteiger partial charge in [-0.2, -0.15) is 0 Å². The Bertz CT molecular complexity index is 1120. The zero-order valence-electron chi connectivity index (χ0n) is 15.7. The Kier molecular flexibility index (Phi) is 4.46. The van der Waals surface area contributed by atoms with E-state index in [9.17, 15) is 29.6 Å². The maximum Gasteiger partial charge on any atom is 0.322 e. The molecule has 0 fully saturated rings. The van der Waals surface area contributed by atoms with Crippen molar-refractivity contribution < 1.29 is 24.4 Å². The number of non-ortho nitro benzene ring substituents is 1. The van der Waals surface area contributed by atoms with E-state index in [0.29, 0.717) is 22.5 Å². The number of benzene rings is 2. The smallest absolute Gasteiger partial charge is 0.322 e. The van der Waals surface area contributed by atoms with Crippen LogP contribution in [-0.2, 0) is 4.79 Å². The number of carboxylic acid groups (broad SMARTS) is 1. The fourth-order valence-electron chi connectivity index (χ4n) is 3.62. The summed E-state index contributed by atoms with van der Waals surface area (Å²) in [4.78, 5) is 50.0. The van der Waals surface area contributed by atoms with Gasteiger partial charge in [-0.1, -0.05) is 24.3 Å². The summed E-state index contributed by atoms with van der Waals surface area (Å²) in [7, 11) is 1.53. The van der Waals surface area contributed by atoms with Gasteiger partial charge in [-0.05, 0) is 23.3 Å². The minimum atomic E-state index is -1.33. The average Bonchev–Trinajstić information content (AvgIpc) is 3.08. The molecular weight excluding hydrogens is 392 g/mol. The molecule has 2 aromatic carbocycles. The molecule has 3 amide bonds. The predicted octanol–water partition coefficient (Wildman–Crippen LogP) is 0.955. The molecule has 2 aromatic rings. The molecule has 2 heterocycles. The highest BCUT2D eigenvalue weighted by Gasteiger charge is 2.43. The molecule has 0 bridgehead atoms. The van der Waals surface area contributed by atoms with Crippen LogP contribution in [0.4, 0.5) is 16.2 Å². The largest absolute Gasteiger partial charge is 0.545 e. The van der Waals surface area contributed by atoms with E-state index in [-0.39, 0.29) is 23.7 Å². The van der Waals surface area contributed by atoms with Gasteiger partial charge in [-0.25, -0.2) is 4.79 Å². The van der Waals surface area contributed by atoms with Crippen molar-refractivity contribution in [2.75, 3.05) is 18.5 Å². The summed E-state index contributed by atoms with van der Waals surface area (Å²) >= 11 is 0. The number of carbonyl (C=O) groups is 3. The lowest BCUT2D eigenvalue weighted by Gasteiger charge is -2.30. The highest BCUT2D eigenvalue weighted by Crippen LogP contribution is 2.38. The van der Waals surface area contributed by atoms with Crippen LogP contribution in [-0.4, -0.2) is 41.3 Å². The summed E-state index contributed by atoms with van der Waals surface area (Å²) in [6.07, 6.45) is 0. The number of rotatable bonds is 4. The Morgan fingerprint density at radius 2 is 1.87 bits per heavy atom. The third-order valence-corrected chi connectivity index (χ3v) is 5.19. The molecule has 0 aromatic heterocycles. The number of likely N-dealkylation sites (N-methyl/N-ethyl adjacent to an activating group) is 1. The number of nitrogens with one attached hydrogen (secondary N) is 1. The van der Waals surface area contributed by atoms with Gasteiger partial charge >= 0.3 is 6.03 Å². The van der Waals surface area contributed by atoms with Gasteiger partial charge in [-0.3, -0.25) is 19.8 Å². The Balaban J connectivity index is 1.73. The fourth-order valence-corrected chi connectivity index (χ4v) is 3.62. The Hall–Kier alpha value is -4.21. The molecule has 10 heteroatoms. The third kappa shape index (κ3) is 3.04. The lowest BCUT2D eigenvalue weighted by molar-refractivity contribution is -0.384. The first-order valence-corrected chi connectivity index (χ1v) is 8.93. The van der Waals surface area contributed by atoms with Crippen molar-refractivity contribution >= 4 is 29.3 Å². The molecule has 152 valence electrons. The number of carboxylic acids is 1. The molecular formula is C20H15N4O6-. The number of urea groups is 1. The van der Waals surface area contributed by atoms with Gasteiger partial charge in [-0.15, -0.1) is 0 Å². The Morgan fingerprint density at radius 1 is 1.17 bits per heavy atom. The number of anilines is 1. The van der Waals surface area contributed by atoms with E-state index in [4.69, 9.17) is 0 Å². The second kappa shape index (κ2) is 6.99. The topological polar surface area (TPSA) is 136 Å². The van der Waals surface area contributed by atoms with Crippen molar-refractivity contribution in [1.82, 2.24) is 10.2 Å². The van der Waals surface area contributed by atoms with E-state index in [2.05, 4.69) is 5.32 Å². The van der Waals surface area contributed by atoms with Crippen molar-refractivity contribution in [2.45, 2.75) is 6.04 Å². The van der Waals surface area contributed by atoms with Crippen LogP contribution in [0.2, 0.25) is 0 Å². The minimum absolute atomic E-state index is 0.0217.